The molecule has 2 saturated carbocycles. The Morgan fingerprint density at radius 2 is 1.21 bits per heavy atom. The van der Waals surface area contributed by atoms with Gasteiger partial charge in [-0.2, -0.15) is 60.6 Å². The van der Waals surface area contributed by atoms with E-state index >= 15 is 0 Å². The van der Waals surface area contributed by atoms with Gasteiger partial charge in [0.1, 0.15) is 5.78 Å². The summed E-state index contributed by atoms with van der Waals surface area (Å²) in [6, 6.07) is 0. The monoisotopic (exact) mass is 554 g/mol. The maximum absolute atomic E-state index is 12.2. The van der Waals surface area contributed by atoms with Crippen molar-refractivity contribution < 1.29 is 57.3 Å². The van der Waals surface area contributed by atoms with Crippen LogP contribution in [0.1, 0.15) is 70.6 Å². The second-order valence-corrected chi connectivity index (χ2v) is 10.7. The normalized spacial score (nSPS) is 20.9. The Kier molecular flexibility index (Phi) is 10.7. The van der Waals surface area contributed by atoms with Crippen molar-refractivity contribution in [1.82, 2.24) is 0 Å². The van der Waals surface area contributed by atoms with Crippen molar-refractivity contribution in [2.45, 2.75) is 99.2 Å². The van der Waals surface area contributed by atoms with Gasteiger partial charge in [-0.15, -0.1) is 0 Å². The lowest BCUT2D eigenvalue weighted by Gasteiger charge is -2.31. The van der Waals surface area contributed by atoms with Gasteiger partial charge < -0.3 is 0 Å². The predicted molar refractivity (Wildman–Crippen MR) is 108 cm³/mol. The molecule has 0 radical (unpaired) electrons. The number of ketones is 1. The van der Waals surface area contributed by atoms with Crippen LogP contribution in [0.2, 0.25) is 0 Å². The van der Waals surface area contributed by atoms with Crippen molar-refractivity contribution in [2.75, 3.05) is 0 Å². The van der Waals surface area contributed by atoms with Crippen LogP contribution < -0.4 is 0 Å². The number of Topliss-reactive ketones (excluding diaryl/α,β-unsaturated/α-hetero) is 1. The summed E-state index contributed by atoms with van der Waals surface area (Å²) in [5.74, 6) is -13.1. The number of halogens is 9. The summed E-state index contributed by atoms with van der Waals surface area (Å²) >= 11 is 4.71. The van der Waals surface area contributed by atoms with E-state index in [4.69, 9.17) is 17.2 Å². The van der Waals surface area contributed by atoms with Gasteiger partial charge in [0.25, 0.3) is 0 Å². The third-order valence-corrected chi connectivity index (χ3v) is 7.61. The summed E-state index contributed by atoms with van der Waals surface area (Å²) < 4.78 is 134. The molecule has 2 aliphatic carbocycles. The maximum Gasteiger partial charge on any atom is 0.460 e. The molecule has 0 heterocycles. The fourth-order valence-electron chi connectivity index (χ4n) is 4.01. The molecule has 34 heavy (non-hydrogen) atoms. The van der Waals surface area contributed by atoms with E-state index < -0.39 is 33.4 Å². The third-order valence-electron chi connectivity index (χ3n) is 6.10. The zero-order chi connectivity index (χ0) is 26.6. The molecule has 202 valence electrons. The molecule has 0 aromatic rings. The summed E-state index contributed by atoms with van der Waals surface area (Å²) in [7, 11) is -7.17. The molecular formula is C19H27F9O4S2. The molecule has 1 unspecified atom stereocenters. The molecule has 1 N–H and O–H groups in total. The van der Waals surface area contributed by atoms with E-state index in [1.165, 1.54) is 51.4 Å². The van der Waals surface area contributed by atoms with Crippen LogP contribution in [0.25, 0.3) is 0 Å². The minimum Gasteiger partial charge on any atom is -0.299 e. The third kappa shape index (κ3) is 7.17. The van der Waals surface area contributed by atoms with Crippen molar-refractivity contribution in [3.8, 4) is 0 Å². The quantitative estimate of drug-likeness (QED) is 0.209. The van der Waals surface area contributed by atoms with Gasteiger partial charge in [0.15, 0.2) is 0 Å². The van der Waals surface area contributed by atoms with Crippen LogP contribution in [0.5, 0.6) is 0 Å². The molecular weight excluding hydrogens is 527 g/mol. The van der Waals surface area contributed by atoms with E-state index in [0.717, 1.165) is 19.3 Å². The number of thiol groups is 1. The Bertz CT molecular complexity index is 773. The molecule has 0 aromatic carbocycles. The van der Waals surface area contributed by atoms with Crippen molar-refractivity contribution >= 4 is 28.5 Å². The van der Waals surface area contributed by atoms with Gasteiger partial charge in [0.2, 0.25) is 0 Å². The van der Waals surface area contributed by atoms with Crippen LogP contribution in [-0.4, -0.2) is 47.3 Å². The van der Waals surface area contributed by atoms with E-state index in [2.05, 4.69) is 0 Å². The zero-order valence-electron chi connectivity index (χ0n) is 17.9. The average molecular weight is 555 g/mol. The van der Waals surface area contributed by atoms with Crippen molar-refractivity contribution in [2.24, 2.45) is 11.8 Å². The van der Waals surface area contributed by atoms with Gasteiger partial charge >= 0.3 is 33.4 Å². The molecule has 2 rings (SSSR count). The molecule has 0 aromatic heterocycles. The van der Waals surface area contributed by atoms with Crippen molar-refractivity contribution in [3.05, 3.63) is 0 Å². The lowest BCUT2D eigenvalue weighted by Crippen LogP contribution is -2.63. The minimum atomic E-state index is -7.37. The number of alkyl halides is 9. The van der Waals surface area contributed by atoms with E-state index in [1.54, 1.807) is 0 Å². The van der Waals surface area contributed by atoms with Crippen molar-refractivity contribution in [3.63, 3.8) is 0 Å². The van der Waals surface area contributed by atoms with Crippen LogP contribution in [0, 0.1) is 11.8 Å². The highest BCUT2D eigenvalue weighted by atomic mass is 32.2. The highest BCUT2D eigenvalue weighted by Gasteiger charge is 2.85. The summed E-state index contributed by atoms with van der Waals surface area (Å²) in [6.07, 6.45) is 6.41. The fourth-order valence-corrected chi connectivity index (χ4v) is 4.94. The van der Waals surface area contributed by atoms with Crippen LogP contribution in [0.3, 0.4) is 0 Å². The van der Waals surface area contributed by atoms with Gasteiger partial charge in [0.05, 0.1) is 0 Å². The molecule has 0 saturated heterocycles. The first-order valence-electron chi connectivity index (χ1n) is 10.6. The van der Waals surface area contributed by atoms with Gasteiger partial charge in [-0.3, -0.25) is 9.35 Å². The fraction of sp³-hybridized carbons (Fsp3) is 0.947. The molecule has 0 amide bonds. The van der Waals surface area contributed by atoms with Gasteiger partial charge in [-0.05, 0) is 31.6 Å². The van der Waals surface area contributed by atoms with E-state index in [0.29, 0.717) is 22.9 Å². The number of hydrogen-bond donors (Lipinski definition) is 2. The molecule has 1 atom stereocenters. The second-order valence-electron chi connectivity index (χ2n) is 8.61. The molecule has 2 aliphatic rings. The van der Waals surface area contributed by atoms with Crippen LogP contribution in [0.15, 0.2) is 0 Å². The Labute approximate surface area is 197 Å². The Hall–Kier alpha value is -0.700. The standard InChI is InChI=1S/C15H26OS.C4HF9O3S/c16-14(12-7-3-1-4-8-12)11-15(17)13-9-5-2-6-10-13;5-1(6,3(9,10)11)2(7,8)4(12,13)17(14,15)16/h12-13,15,17H,1-11H2;(H,14,15,16). The number of hydrogen-bond acceptors (Lipinski definition) is 4. The summed E-state index contributed by atoms with van der Waals surface area (Å²) in [4.78, 5) is 12.2. The first-order valence-corrected chi connectivity index (χ1v) is 12.6. The van der Waals surface area contributed by atoms with E-state index in [9.17, 15) is 52.7 Å². The highest BCUT2D eigenvalue weighted by molar-refractivity contribution is 7.87. The van der Waals surface area contributed by atoms with Crippen molar-refractivity contribution in [1.29, 1.82) is 0 Å². The highest BCUT2D eigenvalue weighted by Crippen LogP contribution is 2.54. The number of rotatable bonds is 7. The SMILES string of the molecule is O=C(CC(S)C1CCCCC1)C1CCCCC1.O=S(=O)(O)C(F)(F)C(F)(F)C(F)(F)C(F)(F)F. The van der Waals surface area contributed by atoms with E-state index in [1.807, 2.05) is 0 Å². The first-order chi connectivity index (χ1) is 15.3. The smallest absolute Gasteiger partial charge is 0.299 e. The lowest BCUT2D eigenvalue weighted by molar-refractivity contribution is -0.382. The van der Waals surface area contributed by atoms with Gasteiger partial charge in [0, 0.05) is 17.6 Å². The zero-order valence-corrected chi connectivity index (χ0v) is 19.7. The van der Waals surface area contributed by atoms with Crippen LogP contribution >= 0.6 is 12.6 Å². The first kappa shape index (κ1) is 31.3. The Morgan fingerprint density at radius 3 is 1.59 bits per heavy atom. The van der Waals surface area contributed by atoms with Crippen LogP contribution in [-0.2, 0) is 14.9 Å². The maximum atomic E-state index is 12.2. The van der Waals surface area contributed by atoms with E-state index in [-0.39, 0.29) is 0 Å². The average Bonchev–Trinajstić information content (AvgIpc) is 2.73. The summed E-state index contributed by atoms with van der Waals surface area (Å²) in [5.41, 5.74) is 0. The molecule has 0 spiro atoms. The number of carbonyl (C=O) groups excluding carboxylic acids is 1. The predicted octanol–water partition coefficient (Wildman–Crippen LogP) is 6.70. The largest absolute Gasteiger partial charge is 0.460 e. The lowest BCUT2D eigenvalue weighted by atomic mass is 9.81. The summed E-state index contributed by atoms with van der Waals surface area (Å²) in [5, 5.41) is -6.66. The van der Waals surface area contributed by atoms with Gasteiger partial charge in [-0.1, -0.05) is 38.5 Å². The van der Waals surface area contributed by atoms with Gasteiger partial charge in [-0.25, -0.2) is 0 Å². The second kappa shape index (κ2) is 11.6. The molecule has 4 nitrogen and oxygen atoms in total. The topological polar surface area (TPSA) is 71.4 Å². The Balaban J connectivity index is 0.000000340. The molecule has 0 bridgehead atoms. The molecule has 0 aliphatic heterocycles. The summed E-state index contributed by atoms with van der Waals surface area (Å²) in [6.45, 7) is 0. The number of carbonyl (C=O) groups is 1. The molecule has 2 fully saturated rings. The molecule has 15 heteroatoms. The van der Waals surface area contributed by atoms with Crippen LogP contribution in [0.4, 0.5) is 39.5 Å². The Morgan fingerprint density at radius 1 is 0.794 bits per heavy atom. The minimum absolute atomic E-state index is 0.338.